The van der Waals surface area contributed by atoms with E-state index >= 15 is 0 Å². The molecular weight excluding hydrogens is 410 g/mol. The van der Waals surface area contributed by atoms with Crippen molar-refractivity contribution in [3.63, 3.8) is 0 Å². The fourth-order valence-electron chi connectivity index (χ4n) is 3.60. The molecule has 0 saturated heterocycles. The summed E-state index contributed by atoms with van der Waals surface area (Å²) in [5.74, 6) is -0.656. The first-order valence-electron chi connectivity index (χ1n) is 11.3. The summed E-state index contributed by atoms with van der Waals surface area (Å²) < 4.78 is 5.27. The monoisotopic (exact) mass is 447 g/mol. The first-order chi connectivity index (χ1) is 14.9. The molecule has 8 heteroatoms. The van der Waals surface area contributed by atoms with Gasteiger partial charge in [0.1, 0.15) is 23.4 Å². The number of aromatic hydroxyl groups is 1. The van der Waals surface area contributed by atoms with Gasteiger partial charge in [0.2, 0.25) is 11.8 Å². The van der Waals surface area contributed by atoms with E-state index < -0.39 is 23.8 Å². The zero-order valence-corrected chi connectivity index (χ0v) is 20.0. The second kappa shape index (κ2) is 10.7. The molecule has 0 aromatic heterocycles. The van der Waals surface area contributed by atoms with Crippen LogP contribution in [0.25, 0.3) is 0 Å². The van der Waals surface area contributed by atoms with E-state index in [1.54, 1.807) is 44.7 Å². The van der Waals surface area contributed by atoms with Gasteiger partial charge >= 0.3 is 6.09 Å². The molecule has 1 aliphatic carbocycles. The average Bonchev–Trinajstić information content (AvgIpc) is 3.48. The van der Waals surface area contributed by atoms with Gasteiger partial charge in [-0.25, -0.2) is 4.79 Å². The molecule has 2 rings (SSSR count). The fraction of sp³-hybridized carbons (Fsp3) is 0.625. The van der Waals surface area contributed by atoms with Crippen LogP contribution in [0.3, 0.4) is 0 Å². The Morgan fingerprint density at radius 1 is 1.19 bits per heavy atom. The van der Waals surface area contributed by atoms with Crippen LogP contribution in [0.5, 0.6) is 5.75 Å². The smallest absolute Gasteiger partial charge is 0.408 e. The van der Waals surface area contributed by atoms with Gasteiger partial charge in [-0.3, -0.25) is 9.59 Å². The van der Waals surface area contributed by atoms with Crippen LogP contribution in [0.1, 0.15) is 78.8 Å². The van der Waals surface area contributed by atoms with E-state index in [4.69, 9.17) is 4.74 Å². The minimum Gasteiger partial charge on any atom is -0.508 e. The molecule has 1 saturated carbocycles. The number of hydrogen-bond acceptors (Lipinski definition) is 5. The largest absolute Gasteiger partial charge is 0.508 e. The Kier molecular flexibility index (Phi) is 8.52. The summed E-state index contributed by atoms with van der Waals surface area (Å²) in [6.45, 7) is 10.8. The second-order valence-electron chi connectivity index (χ2n) is 9.54. The first-order valence-corrected chi connectivity index (χ1v) is 11.3. The van der Waals surface area contributed by atoms with Crippen molar-refractivity contribution in [3.05, 3.63) is 29.8 Å². The Morgan fingerprint density at radius 3 is 2.38 bits per heavy atom. The van der Waals surface area contributed by atoms with Gasteiger partial charge in [0.05, 0.1) is 0 Å². The van der Waals surface area contributed by atoms with Gasteiger partial charge in [-0.1, -0.05) is 25.5 Å². The molecule has 0 bridgehead atoms. The van der Waals surface area contributed by atoms with Crippen molar-refractivity contribution in [2.24, 2.45) is 0 Å². The molecule has 0 radical (unpaired) electrons. The van der Waals surface area contributed by atoms with Crippen LogP contribution >= 0.6 is 0 Å². The highest BCUT2D eigenvalue weighted by Crippen LogP contribution is 2.36. The molecule has 1 aromatic rings. The Hall–Kier alpha value is -2.77. The van der Waals surface area contributed by atoms with E-state index in [9.17, 15) is 19.5 Å². The van der Waals surface area contributed by atoms with Crippen molar-refractivity contribution in [1.29, 1.82) is 0 Å². The highest BCUT2D eigenvalue weighted by atomic mass is 16.6. The number of rotatable bonds is 9. The van der Waals surface area contributed by atoms with Gasteiger partial charge in [-0.15, -0.1) is 0 Å². The standard InChI is InChI=1S/C24H37N3O5/c1-7-9-15(2)25-21(29)20(17-10-8-11-19(28)14-17)27(18-12-13-18)22(30)16(3)26-23(31)32-24(4,5)6/h8,10-11,14-16,18,20,28H,7,9,12-13H2,1-6H3,(H,25,29)(H,26,31). The highest BCUT2D eigenvalue weighted by molar-refractivity contribution is 5.92. The SMILES string of the molecule is CCCC(C)NC(=O)C(c1cccc(O)c1)N(C(=O)C(C)NC(=O)OC(C)(C)C)C1CC1. The molecule has 0 heterocycles. The van der Waals surface area contributed by atoms with Crippen LogP contribution in [0, 0.1) is 0 Å². The lowest BCUT2D eigenvalue weighted by Crippen LogP contribution is -2.53. The Morgan fingerprint density at radius 2 is 1.84 bits per heavy atom. The maximum absolute atomic E-state index is 13.5. The number of ether oxygens (including phenoxy) is 1. The molecule has 1 aromatic carbocycles. The third kappa shape index (κ3) is 7.43. The summed E-state index contributed by atoms with van der Waals surface area (Å²) in [5, 5.41) is 15.6. The third-order valence-corrected chi connectivity index (χ3v) is 5.12. The molecule has 32 heavy (non-hydrogen) atoms. The van der Waals surface area contributed by atoms with Gasteiger partial charge in [-0.2, -0.15) is 0 Å². The summed E-state index contributed by atoms with van der Waals surface area (Å²) in [6, 6.07) is 4.44. The molecule has 3 amide bonds. The quantitative estimate of drug-likeness (QED) is 0.536. The molecule has 0 spiro atoms. The lowest BCUT2D eigenvalue weighted by atomic mass is 10.0. The number of benzene rings is 1. The number of nitrogens with zero attached hydrogens (tertiary/aromatic N) is 1. The van der Waals surface area contributed by atoms with Crippen molar-refractivity contribution in [3.8, 4) is 5.75 Å². The summed E-state index contributed by atoms with van der Waals surface area (Å²) >= 11 is 0. The molecule has 3 atom stereocenters. The molecule has 3 unspecified atom stereocenters. The highest BCUT2D eigenvalue weighted by Gasteiger charge is 2.43. The molecule has 3 N–H and O–H groups in total. The van der Waals surface area contributed by atoms with Gasteiger partial charge in [0.15, 0.2) is 0 Å². The fourth-order valence-corrected chi connectivity index (χ4v) is 3.60. The van der Waals surface area contributed by atoms with Crippen molar-refractivity contribution < 1.29 is 24.2 Å². The molecule has 1 fully saturated rings. The first kappa shape index (κ1) is 25.5. The van der Waals surface area contributed by atoms with Crippen molar-refractivity contribution in [1.82, 2.24) is 15.5 Å². The summed E-state index contributed by atoms with van der Waals surface area (Å²) in [5.41, 5.74) is -0.168. The number of alkyl carbamates (subject to hydrolysis) is 1. The Labute approximate surface area is 190 Å². The van der Waals surface area contributed by atoms with Gasteiger partial charge in [0.25, 0.3) is 0 Å². The summed E-state index contributed by atoms with van der Waals surface area (Å²) in [4.78, 5) is 40.6. The third-order valence-electron chi connectivity index (χ3n) is 5.12. The number of carbonyl (C=O) groups is 3. The maximum atomic E-state index is 13.5. The number of amides is 3. The van der Waals surface area contributed by atoms with Gasteiger partial charge < -0.3 is 25.4 Å². The number of phenols is 1. The van der Waals surface area contributed by atoms with Crippen LogP contribution in [-0.4, -0.2) is 51.6 Å². The van der Waals surface area contributed by atoms with Crippen LogP contribution in [0.4, 0.5) is 4.79 Å². The van der Waals surface area contributed by atoms with Crippen LogP contribution < -0.4 is 10.6 Å². The predicted octanol–water partition coefficient (Wildman–Crippen LogP) is 3.64. The molecular formula is C24H37N3O5. The number of hydrogen-bond donors (Lipinski definition) is 3. The normalized spacial score (nSPS) is 16.4. The van der Waals surface area contributed by atoms with Crippen LogP contribution in [-0.2, 0) is 14.3 Å². The minimum absolute atomic E-state index is 0.0185. The lowest BCUT2D eigenvalue weighted by molar-refractivity contribution is -0.143. The van der Waals surface area contributed by atoms with E-state index in [-0.39, 0.29) is 29.6 Å². The van der Waals surface area contributed by atoms with Crippen molar-refractivity contribution in [2.45, 2.75) is 97.0 Å². The topological polar surface area (TPSA) is 108 Å². The van der Waals surface area contributed by atoms with Crippen LogP contribution in [0.15, 0.2) is 24.3 Å². The van der Waals surface area contributed by atoms with Crippen molar-refractivity contribution >= 4 is 17.9 Å². The Bertz CT molecular complexity index is 816. The molecule has 178 valence electrons. The van der Waals surface area contributed by atoms with E-state index in [1.807, 2.05) is 13.8 Å². The predicted molar refractivity (Wildman–Crippen MR) is 122 cm³/mol. The molecule has 8 nitrogen and oxygen atoms in total. The summed E-state index contributed by atoms with van der Waals surface area (Å²) in [6.07, 6.45) is 2.59. The minimum atomic E-state index is -0.913. The lowest BCUT2D eigenvalue weighted by Gasteiger charge is -2.34. The average molecular weight is 448 g/mol. The summed E-state index contributed by atoms with van der Waals surface area (Å²) in [7, 11) is 0. The number of phenolic OH excluding ortho intramolecular Hbond substituents is 1. The van der Waals surface area contributed by atoms with Crippen molar-refractivity contribution in [2.75, 3.05) is 0 Å². The van der Waals surface area contributed by atoms with Gasteiger partial charge in [-0.05, 0) is 71.6 Å². The van der Waals surface area contributed by atoms with E-state index in [1.165, 1.54) is 12.1 Å². The second-order valence-corrected chi connectivity index (χ2v) is 9.54. The van der Waals surface area contributed by atoms with E-state index in [2.05, 4.69) is 10.6 Å². The Balaban J connectivity index is 2.31. The molecule has 0 aliphatic heterocycles. The maximum Gasteiger partial charge on any atom is 0.408 e. The van der Waals surface area contributed by atoms with Gasteiger partial charge in [0, 0.05) is 12.1 Å². The number of carbonyl (C=O) groups excluding carboxylic acids is 3. The van der Waals surface area contributed by atoms with E-state index in [0.29, 0.717) is 5.56 Å². The zero-order valence-electron chi connectivity index (χ0n) is 20.0. The number of nitrogens with one attached hydrogen (secondary N) is 2. The van der Waals surface area contributed by atoms with Crippen LogP contribution in [0.2, 0.25) is 0 Å². The van der Waals surface area contributed by atoms with E-state index in [0.717, 1.165) is 25.7 Å². The molecule has 1 aliphatic rings. The zero-order chi connectivity index (χ0) is 24.1.